The molecule has 0 aromatic heterocycles. The van der Waals surface area contributed by atoms with E-state index < -0.39 is 0 Å². The molecule has 0 bridgehead atoms. The van der Waals surface area contributed by atoms with Crippen LogP contribution in [0.2, 0.25) is 0 Å². The number of amides is 3. The van der Waals surface area contributed by atoms with Crippen molar-refractivity contribution >= 4 is 11.9 Å². The lowest BCUT2D eigenvalue weighted by molar-refractivity contribution is -0.118. The Kier molecular flexibility index (Phi) is 4.89. The average molecular weight is 215 g/mol. The van der Waals surface area contributed by atoms with Crippen LogP contribution in [0, 0.1) is 0 Å². The quantitative estimate of drug-likeness (QED) is 0.531. The van der Waals surface area contributed by atoms with Crippen LogP contribution in [0.4, 0.5) is 4.79 Å². The highest BCUT2D eigenvalue weighted by Gasteiger charge is 2.17. The summed E-state index contributed by atoms with van der Waals surface area (Å²) in [5, 5.41) is 5.43. The lowest BCUT2D eigenvalue weighted by atomic mass is 10.3. The van der Waals surface area contributed by atoms with Gasteiger partial charge in [-0.15, -0.1) is 0 Å². The van der Waals surface area contributed by atoms with E-state index in [-0.39, 0.29) is 18.0 Å². The number of urea groups is 1. The maximum absolute atomic E-state index is 11.2. The fraction of sp³-hybridized carbons (Fsp3) is 0.778. The van der Waals surface area contributed by atoms with Gasteiger partial charge in [0, 0.05) is 19.6 Å². The molecule has 1 aliphatic rings. The number of hydrogen-bond acceptors (Lipinski definition) is 3. The summed E-state index contributed by atoms with van der Waals surface area (Å²) in [6.45, 7) is 1.74. The van der Waals surface area contributed by atoms with Crippen molar-refractivity contribution in [1.82, 2.24) is 10.6 Å². The number of nitrogens with one attached hydrogen (secondary N) is 2. The molecule has 1 heterocycles. The van der Waals surface area contributed by atoms with Crippen molar-refractivity contribution < 1.29 is 14.3 Å². The number of rotatable bonds is 5. The van der Waals surface area contributed by atoms with Gasteiger partial charge in [-0.3, -0.25) is 4.79 Å². The molecule has 0 spiro atoms. The highest BCUT2D eigenvalue weighted by atomic mass is 16.5. The van der Waals surface area contributed by atoms with E-state index in [2.05, 4.69) is 10.6 Å². The molecule has 15 heavy (non-hydrogen) atoms. The van der Waals surface area contributed by atoms with Gasteiger partial charge in [-0.25, -0.2) is 4.79 Å². The van der Waals surface area contributed by atoms with Crippen LogP contribution in [-0.4, -0.2) is 37.7 Å². The summed E-state index contributed by atoms with van der Waals surface area (Å²) in [7, 11) is 0. The van der Waals surface area contributed by atoms with Gasteiger partial charge in [-0.1, -0.05) is 0 Å². The molecule has 1 saturated heterocycles. The molecule has 6 heteroatoms. The summed E-state index contributed by atoms with van der Waals surface area (Å²) in [5.41, 5.74) is 4.96. The fourth-order valence-corrected chi connectivity index (χ4v) is 1.35. The second kappa shape index (κ2) is 6.23. The summed E-state index contributed by atoms with van der Waals surface area (Å²) in [6.07, 6.45) is 1.73. The van der Waals surface area contributed by atoms with E-state index in [0.29, 0.717) is 32.6 Å². The van der Waals surface area contributed by atoms with Crippen molar-refractivity contribution in [3.05, 3.63) is 0 Å². The van der Waals surface area contributed by atoms with Gasteiger partial charge in [-0.05, 0) is 12.8 Å². The summed E-state index contributed by atoms with van der Waals surface area (Å²) in [5.74, 6) is -0.346. The molecular weight excluding hydrogens is 198 g/mol. The smallest absolute Gasteiger partial charge is 0.315 e. The number of nitrogens with two attached hydrogens (primary N) is 1. The van der Waals surface area contributed by atoms with Gasteiger partial charge in [0.25, 0.3) is 0 Å². The maximum atomic E-state index is 11.2. The maximum Gasteiger partial charge on any atom is 0.315 e. The fourth-order valence-electron chi connectivity index (χ4n) is 1.35. The van der Waals surface area contributed by atoms with E-state index in [1.165, 1.54) is 0 Å². The van der Waals surface area contributed by atoms with Gasteiger partial charge in [-0.2, -0.15) is 0 Å². The monoisotopic (exact) mass is 215 g/mol. The zero-order valence-corrected chi connectivity index (χ0v) is 8.62. The summed E-state index contributed by atoms with van der Waals surface area (Å²) >= 11 is 0. The molecule has 86 valence electrons. The van der Waals surface area contributed by atoms with E-state index in [4.69, 9.17) is 10.5 Å². The van der Waals surface area contributed by atoms with E-state index in [0.717, 1.165) is 6.42 Å². The first-order valence-electron chi connectivity index (χ1n) is 5.09. The molecule has 1 rings (SSSR count). The highest BCUT2D eigenvalue weighted by Crippen LogP contribution is 2.02. The molecule has 0 aromatic carbocycles. The van der Waals surface area contributed by atoms with Crippen LogP contribution in [-0.2, 0) is 9.53 Å². The first-order chi connectivity index (χ1) is 7.18. The van der Waals surface area contributed by atoms with Gasteiger partial charge in [0.2, 0.25) is 5.91 Å². The van der Waals surface area contributed by atoms with Crippen molar-refractivity contribution in [2.75, 3.05) is 19.8 Å². The molecule has 1 atom stereocenters. The topological polar surface area (TPSA) is 93.5 Å². The number of carbonyl (C=O) groups is 2. The Morgan fingerprint density at radius 2 is 2.27 bits per heavy atom. The number of primary amides is 1. The number of carbonyl (C=O) groups excluding carboxylic acids is 2. The zero-order chi connectivity index (χ0) is 11.1. The van der Waals surface area contributed by atoms with Crippen molar-refractivity contribution in [1.29, 1.82) is 0 Å². The molecule has 3 amide bonds. The summed E-state index contributed by atoms with van der Waals surface area (Å²) in [4.78, 5) is 21.6. The summed E-state index contributed by atoms with van der Waals surface area (Å²) < 4.78 is 5.11. The van der Waals surface area contributed by atoms with Crippen LogP contribution < -0.4 is 16.4 Å². The Morgan fingerprint density at radius 3 is 2.87 bits per heavy atom. The molecular formula is C9H17N3O3. The van der Waals surface area contributed by atoms with Crippen LogP contribution in [0.3, 0.4) is 0 Å². The molecule has 6 nitrogen and oxygen atoms in total. The van der Waals surface area contributed by atoms with Crippen molar-refractivity contribution in [2.24, 2.45) is 5.73 Å². The van der Waals surface area contributed by atoms with E-state index in [9.17, 15) is 9.59 Å². The van der Waals surface area contributed by atoms with Gasteiger partial charge >= 0.3 is 6.03 Å². The summed E-state index contributed by atoms with van der Waals surface area (Å²) in [6, 6.07) is -0.101. The first kappa shape index (κ1) is 11.8. The van der Waals surface area contributed by atoms with Crippen molar-refractivity contribution in [2.45, 2.75) is 25.3 Å². The van der Waals surface area contributed by atoms with Crippen molar-refractivity contribution in [3.63, 3.8) is 0 Å². The van der Waals surface area contributed by atoms with Crippen LogP contribution in [0.5, 0.6) is 0 Å². The Bertz CT molecular complexity index is 227. The third-order valence-electron chi connectivity index (χ3n) is 2.15. The second-order valence-corrected chi connectivity index (χ2v) is 3.53. The Labute approximate surface area is 88.5 Å². The minimum absolute atomic E-state index is 0.112. The minimum Gasteiger partial charge on any atom is -0.379 e. The molecule has 0 aromatic rings. The Hall–Kier alpha value is -1.30. The van der Waals surface area contributed by atoms with Gasteiger partial charge in [0.1, 0.15) is 0 Å². The van der Waals surface area contributed by atoms with Crippen LogP contribution in [0.1, 0.15) is 19.3 Å². The van der Waals surface area contributed by atoms with E-state index in [1.807, 2.05) is 0 Å². The lowest BCUT2D eigenvalue weighted by Gasteiger charge is -2.11. The van der Waals surface area contributed by atoms with Crippen LogP contribution in [0.25, 0.3) is 0 Å². The van der Waals surface area contributed by atoms with Gasteiger partial charge < -0.3 is 21.1 Å². The standard InChI is InChI=1S/C9H17N3O3/c10-8(13)2-1-4-11-9(14)12-7-3-5-15-6-7/h7H,1-6H2,(H2,10,13)(H2,11,12,14). The van der Waals surface area contributed by atoms with E-state index in [1.54, 1.807) is 0 Å². The SMILES string of the molecule is NC(=O)CCCNC(=O)NC1CCOC1. The Balaban J connectivity index is 2.00. The van der Waals surface area contributed by atoms with Gasteiger partial charge in [0.05, 0.1) is 12.6 Å². The third-order valence-corrected chi connectivity index (χ3v) is 2.15. The van der Waals surface area contributed by atoms with Gasteiger partial charge in [0.15, 0.2) is 0 Å². The molecule has 0 radical (unpaired) electrons. The predicted octanol–water partition coefficient (Wildman–Crippen LogP) is -0.660. The zero-order valence-electron chi connectivity index (χ0n) is 8.62. The third kappa shape index (κ3) is 5.21. The number of ether oxygens (including phenoxy) is 1. The highest BCUT2D eigenvalue weighted by molar-refractivity contribution is 5.75. The van der Waals surface area contributed by atoms with Crippen molar-refractivity contribution in [3.8, 4) is 0 Å². The normalized spacial score (nSPS) is 19.9. The largest absolute Gasteiger partial charge is 0.379 e. The average Bonchev–Trinajstić information content (AvgIpc) is 2.64. The predicted molar refractivity (Wildman–Crippen MR) is 54.2 cm³/mol. The molecule has 4 N–H and O–H groups in total. The molecule has 1 aliphatic heterocycles. The number of hydrogen-bond donors (Lipinski definition) is 3. The van der Waals surface area contributed by atoms with Crippen LogP contribution in [0.15, 0.2) is 0 Å². The van der Waals surface area contributed by atoms with Crippen LogP contribution >= 0.6 is 0 Å². The molecule has 0 aliphatic carbocycles. The molecule has 0 saturated carbocycles. The molecule has 1 unspecified atom stereocenters. The van der Waals surface area contributed by atoms with E-state index >= 15 is 0 Å². The molecule has 1 fully saturated rings. The second-order valence-electron chi connectivity index (χ2n) is 3.53. The first-order valence-corrected chi connectivity index (χ1v) is 5.09. The minimum atomic E-state index is -0.346. The Morgan fingerprint density at radius 1 is 1.47 bits per heavy atom. The lowest BCUT2D eigenvalue weighted by Crippen LogP contribution is -2.42.